The molecule has 0 fully saturated rings. The van der Waals surface area contributed by atoms with E-state index < -0.39 is 0 Å². The third-order valence-corrected chi connectivity index (χ3v) is 5.12. The maximum Gasteiger partial charge on any atom is 0.135 e. The first-order valence-corrected chi connectivity index (χ1v) is 9.19. The Bertz CT molecular complexity index is 1250. The molecule has 130 valence electrons. The van der Waals surface area contributed by atoms with E-state index in [0.29, 0.717) is 0 Å². The van der Waals surface area contributed by atoms with Gasteiger partial charge in [0, 0.05) is 22.5 Å². The summed E-state index contributed by atoms with van der Waals surface area (Å²) in [6, 6.07) is 27.3. The Kier molecular flexibility index (Phi) is 3.75. The molecule has 3 aromatic carbocycles. The fourth-order valence-corrected chi connectivity index (χ4v) is 3.61. The lowest BCUT2D eigenvalue weighted by Crippen LogP contribution is -1.95. The average Bonchev–Trinajstić information content (AvgIpc) is 3.08. The van der Waals surface area contributed by atoms with Gasteiger partial charge in [-0.25, -0.2) is 0 Å². The zero-order chi connectivity index (χ0) is 18.2. The van der Waals surface area contributed by atoms with Crippen molar-refractivity contribution in [1.82, 2.24) is 4.98 Å². The number of hydrogen-bond acceptors (Lipinski definition) is 2. The topological polar surface area (TPSA) is 26.0 Å². The summed E-state index contributed by atoms with van der Waals surface area (Å²) in [5.41, 5.74) is 7.79. The molecule has 0 aliphatic heterocycles. The van der Waals surface area contributed by atoms with Crippen molar-refractivity contribution in [3.05, 3.63) is 102 Å². The third-order valence-electron chi connectivity index (χ3n) is 5.12. The van der Waals surface area contributed by atoms with Gasteiger partial charge in [-0.15, -0.1) is 0 Å². The standard InChI is InChI=1S/C25H19NO/c1-17-16-26-23(15-20(17)13-18-7-3-2-4-8-18)19-11-12-25-22(14-19)21-9-5-6-10-24(21)27-25/h2-12,14-16H,13H2,1H3. The molecule has 0 unspecified atom stereocenters. The molecular formula is C25H19NO. The van der Waals surface area contributed by atoms with Gasteiger partial charge < -0.3 is 4.42 Å². The Labute approximate surface area is 158 Å². The first kappa shape index (κ1) is 15.8. The summed E-state index contributed by atoms with van der Waals surface area (Å²) < 4.78 is 5.94. The smallest absolute Gasteiger partial charge is 0.135 e. The van der Waals surface area contributed by atoms with Crippen molar-refractivity contribution < 1.29 is 4.42 Å². The van der Waals surface area contributed by atoms with Gasteiger partial charge >= 0.3 is 0 Å². The van der Waals surface area contributed by atoms with E-state index >= 15 is 0 Å². The quantitative estimate of drug-likeness (QED) is 0.369. The molecule has 2 aromatic heterocycles. The van der Waals surface area contributed by atoms with Crippen molar-refractivity contribution in [1.29, 1.82) is 0 Å². The van der Waals surface area contributed by atoms with Gasteiger partial charge in [0.15, 0.2) is 0 Å². The predicted octanol–water partition coefficient (Wildman–Crippen LogP) is 6.55. The minimum atomic E-state index is 0.913. The van der Waals surface area contributed by atoms with Crippen LogP contribution in [0.3, 0.4) is 0 Å². The third kappa shape index (κ3) is 2.89. The Hall–Kier alpha value is -3.39. The van der Waals surface area contributed by atoms with Gasteiger partial charge in [0.1, 0.15) is 11.2 Å². The highest BCUT2D eigenvalue weighted by molar-refractivity contribution is 6.06. The molecule has 5 aromatic rings. The molecule has 2 nitrogen and oxygen atoms in total. The SMILES string of the molecule is Cc1cnc(-c2ccc3oc4ccccc4c3c2)cc1Cc1ccccc1. The van der Waals surface area contributed by atoms with Gasteiger partial charge in [-0.3, -0.25) is 4.98 Å². The number of hydrogen-bond donors (Lipinski definition) is 0. The van der Waals surface area contributed by atoms with Crippen LogP contribution in [0.4, 0.5) is 0 Å². The average molecular weight is 349 g/mol. The van der Waals surface area contributed by atoms with E-state index in [2.05, 4.69) is 61.5 Å². The van der Waals surface area contributed by atoms with Gasteiger partial charge in [0.2, 0.25) is 0 Å². The number of aromatic nitrogens is 1. The summed E-state index contributed by atoms with van der Waals surface area (Å²) in [5.74, 6) is 0. The summed E-state index contributed by atoms with van der Waals surface area (Å²) in [6.45, 7) is 2.13. The fourth-order valence-electron chi connectivity index (χ4n) is 3.61. The minimum Gasteiger partial charge on any atom is -0.456 e. The van der Waals surface area contributed by atoms with Crippen LogP contribution < -0.4 is 0 Å². The van der Waals surface area contributed by atoms with Crippen molar-refractivity contribution >= 4 is 21.9 Å². The van der Waals surface area contributed by atoms with E-state index in [1.165, 1.54) is 16.7 Å². The maximum atomic E-state index is 5.94. The zero-order valence-electron chi connectivity index (χ0n) is 15.1. The van der Waals surface area contributed by atoms with E-state index in [1.54, 1.807) is 0 Å². The number of pyridine rings is 1. The summed E-state index contributed by atoms with van der Waals surface area (Å²) >= 11 is 0. The Morgan fingerprint density at radius 3 is 2.44 bits per heavy atom. The molecule has 0 bridgehead atoms. The molecule has 0 spiro atoms. The van der Waals surface area contributed by atoms with Crippen LogP contribution in [0, 0.1) is 6.92 Å². The van der Waals surface area contributed by atoms with Crippen molar-refractivity contribution in [2.75, 3.05) is 0 Å². The number of benzene rings is 3. The van der Waals surface area contributed by atoms with Crippen LogP contribution in [0.5, 0.6) is 0 Å². The number of rotatable bonds is 3. The fraction of sp³-hybridized carbons (Fsp3) is 0.0800. The highest BCUT2D eigenvalue weighted by Gasteiger charge is 2.10. The van der Waals surface area contributed by atoms with Crippen molar-refractivity contribution in [2.24, 2.45) is 0 Å². The maximum absolute atomic E-state index is 5.94. The molecule has 0 aliphatic rings. The monoisotopic (exact) mass is 349 g/mol. The first-order chi connectivity index (χ1) is 13.3. The molecule has 0 saturated carbocycles. The van der Waals surface area contributed by atoms with E-state index in [-0.39, 0.29) is 0 Å². The Balaban J connectivity index is 1.60. The number of aryl methyl sites for hydroxylation is 1. The second-order valence-electron chi connectivity index (χ2n) is 6.97. The molecule has 2 heterocycles. The van der Waals surface area contributed by atoms with Crippen molar-refractivity contribution in [3.8, 4) is 11.3 Å². The number of furan rings is 1. The molecule has 0 N–H and O–H groups in total. The molecule has 2 heteroatoms. The summed E-state index contributed by atoms with van der Waals surface area (Å²) in [4.78, 5) is 4.69. The predicted molar refractivity (Wildman–Crippen MR) is 111 cm³/mol. The highest BCUT2D eigenvalue weighted by Crippen LogP contribution is 2.32. The van der Waals surface area contributed by atoms with E-state index in [0.717, 1.165) is 39.6 Å². The summed E-state index contributed by atoms with van der Waals surface area (Å²) in [6.07, 6.45) is 2.89. The normalized spacial score (nSPS) is 11.3. The van der Waals surface area contributed by atoms with Gasteiger partial charge in [0.25, 0.3) is 0 Å². The molecule has 0 aliphatic carbocycles. The number of nitrogens with zero attached hydrogens (tertiary/aromatic N) is 1. The van der Waals surface area contributed by atoms with Crippen LogP contribution in [0.1, 0.15) is 16.7 Å². The van der Waals surface area contributed by atoms with Crippen molar-refractivity contribution in [3.63, 3.8) is 0 Å². The zero-order valence-corrected chi connectivity index (χ0v) is 15.1. The van der Waals surface area contributed by atoms with Crippen LogP contribution in [0.15, 0.2) is 89.5 Å². The molecular weight excluding hydrogens is 330 g/mol. The van der Waals surface area contributed by atoms with Crippen LogP contribution in [0.2, 0.25) is 0 Å². The Morgan fingerprint density at radius 1 is 0.778 bits per heavy atom. The van der Waals surface area contributed by atoms with E-state index in [1.807, 2.05) is 30.5 Å². The summed E-state index contributed by atoms with van der Waals surface area (Å²) in [7, 11) is 0. The lowest BCUT2D eigenvalue weighted by molar-refractivity contribution is 0.669. The lowest BCUT2D eigenvalue weighted by atomic mass is 9.99. The van der Waals surface area contributed by atoms with Crippen LogP contribution >= 0.6 is 0 Å². The largest absolute Gasteiger partial charge is 0.456 e. The van der Waals surface area contributed by atoms with E-state index in [9.17, 15) is 0 Å². The number of fused-ring (bicyclic) bond motifs is 3. The van der Waals surface area contributed by atoms with Crippen LogP contribution in [-0.2, 0) is 6.42 Å². The molecule has 27 heavy (non-hydrogen) atoms. The first-order valence-electron chi connectivity index (χ1n) is 9.19. The van der Waals surface area contributed by atoms with Gasteiger partial charge in [0.05, 0.1) is 5.69 Å². The summed E-state index contributed by atoms with van der Waals surface area (Å²) in [5, 5.41) is 2.28. The van der Waals surface area contributed by atoms with Crippen molar-refractivity contribution in [2.45, 2.75) is 13.3 Å². The molecule has 5 rings (SSSR count). The number of para-hydroxylation sites is 1. The van der Waals surface area contributed by atoms with Gasteiger partial charge in [-0.05, 0) is 60.4 Å². The minimum absolute atomic E-state index is 0.913. The molecule has 0 atom stereocenters. The second-order valence-corrected chi connectivity index (χ2v) is 6.97. The van der Waals surface area contributed by atoms with Crippen LogP contribution in [-0.4, -0.2) is 4.98 Å². The molecule has 0 saturated heterocycles. The second kappa shape index (κ2) is 6.40. The van der Waals surface area contributed by atoms with Gasteiger partial charge in [-0.2, -0.15) is 0 Å². The van der Waals surface area contributed by atoms with E-state index in [4.69, 9.17) is 9.40 Å². The highest BCUT2D eigenvalue weighted by atomic mass is 16.3. The Morgan fingerprint density at radius 2 is 1.56 bits per heavy atom. The lowest BCUT2D eigenvalue weighted by Gasteiger charge is -2.09. The molecule has 0 radical (unpaired) electrons. The van der Waals surface area contributed by atoms with Crippen LogP contribution in [0.25, 0.3) is 33.2 Å². The molecule has 0 amide bonds. The van der Waals surface area contributed by atoms with Gasteiger partial charge in [-0.1, -0.05) is 48.5 Å².